The molecule has 4 bridgehead atoms. The Balaban J connectivity index is 1.47. The smallest absolute Gasteiger partial charge is 0.258 e. The van der Waals surface area contributed by atoms with Gasteiger partial charge in [0.25, 0.3) is 10.0 Å². The van der Waals surface area contributed by atoms with Crippen molar-refractivity contribution in [3.63, 3.8) is 0 Å². The summed E-state index contributed by atoms with van der Waals surface area (Å²) < 4.78 is 54.4. The molecule has 1 aromatic carbocycles. The number of aromatic nitrogens is 3. The van der Waals surface area contributed by atoms with E-state index in [4.69, 9.17) is 0 Å². The van der Waals surface area contributed by atoms with E-state index < -0.39 is 20.0 Å². The first-order chi connectivity index (χ1) is 16.8. The third-order valence-electron chi connectivity index (χ3n) is 4.81. The van der Waals surface area contributed by atoms with Gasteiger partial charge in [-0.05, 0) is 36.8 Å². The molecule has 4 rings (SSSR count). The second-order valence-corrected chi connectivity index (χ2v) is 10.9. The zero-order valence-electron chi connectivity index (χ0n) is 18.5. The fourth-order valence-corrected chi connectivity index (χ4v) is 5.20. The average Bonchev–Trinajstić information content (AvgIpc) is 2.85. The highest BCUT2D eigenvalue weighted by atomic mass is 32.2. The van der Waals surface area contributed by atoms with Crippen molar-refractivity contribution < 1.29 is 16.8 Å². The Morgan fingerprint density at radius 3 is 2.80 bits per heavy atom. The number of benzene rings is 1. The van der Waals surface area contributed by atoms with Crippen molar-refractivity contribution in [2.45, 2.75) is 22.8 Å². The standard InChI is InChI=1S/C22H23N7O4S2/c30-34(31)19-9-5-8-18(15-19)28-22-25-16-17(21(29-22)24-12-6-14-26-34)7-1-4-13-27-35(32,33)20-10-2-3-11-23-20/h2-3,5,8-11,15-16,26-27H,4,6,12-14H2,(H2,24,25,28,29). The van der Waals surface area contributed by atoms with E-state index in [0.717, 1.165) is 0 Å². The summed E-state index contributed by atoms with van der Waals surface area (Å²) >= 11 is 0. The number of fused-ring (bicyclic) bond motifs is 4. The number of pyridine rings is 1. The van der Waals surface area contributed by atoms with Crippen LogP contribution < -0.4 is 20.1 Å². The average molecular weight is 514 g/mol. The number of rotatable bonds is 4. The maximum absolute atomic E-state index is 12.5. The molecule has 0 fully saturated rings. The van der Waals surface area contributed by atoms with Gasteiger partial charge in [0, 0.05) is 37.9 Å². The Bertz CT molecular complexity index is 1470. The van der Waals surface area contributed by atoms with E-state index in [0.29, 0.717) is 30.0 Å². The lowest BCUT2D eigenvalue weighted by Crippen LogP contribution is -2.26. The quantitative estimate of drug-likeness (QED) is 0.299. The van der Waals surface area contributed by atoms with Gasteiger partial charge < -0.3 is 10.6 Å². The fraction of sp³-hybridized carbons (Fsp3) is 0.227. The Hall–Kier alpha value is -3.57. The Morgan fingerprint density at radius 2 is 1.97 bits per heavy atom. The molecule has 0 aliphatic carbocycles. The summed E-state index contributed by atoms with van der Waals surface area (Å²) in [4.78, 5) is 12.8. The molecule has 0 atom stereocenters. The van der Waals surface area contributed by atoms with Gasteiger partial charge in [-0.2, -0.15) is 4.98 Å². The molecule has 0 radical (unpaired) electrons. The molecule has 11 nitrogen and oxygen atoms in total. The number of nitrogens with one attached hydrogen (secondary N) is 4. The molecule has 0 amide bonds. The van der Waals surface area contributed by atoms with Crippen molar-refractivity contribution in [1.29, 1.82) is 0 Å². The van der Waals surface area contributed by atoms with Crippen LogP contribution in [0.15, 0.2) is 64.8 Å². The number of nitrogens with zero attached hydrogens (tertiary/aromatic N) is 3. The van der Waals surface area contributed by atoms with Gasteiger partial charge >= 0.3 is 0 Å². The number of hydrogen-bond donors (Lipinski definition) is 4. The molecule has 2 aromatic heterocycles. The lowest BCUT2D eigenvalue weighted by atomic mass is 10.2. The van der Waals surface area contributed by atoms with Crippen LogP contribution in [0.3, 0.4) is 0 Å². The second kappa shape index (κ2) is 10.8. The zero-order chi connectivity index (χ0) is 24.7. The van der Waals surface area contributed by atoms with Crippen LogP contribution in [0.1, 0.15) is 18.4 Å². The minimum absolute atomic E-state index is 0.0484. The Kier molecular flexibility index (Phi) is 7.57. The second-order valence-electron chi connectivity index (χ2n) is 7.40. The summed E-state index contributed by atoms with van der Waals surface area (Å²) in [5.41, 5.74) is 1.06. The van der Waals surface area contributed by atoms with Crippen LogP contribution in [0.25, 0.3) is 0 Å². The normalized spacial score (nSPS) is 15.1. The van der Waals surface area contributed by atoms with Crippen molar-refractivity contribution in [2.24, 2.45) is 0 Å². The minimum Gasteiger partial charge on any atom is -0.369 e. The summed E-state index contributed by atoms with van der Waals surface area (Å²) in [7, 11) is -7.32. The number of sulfonamides is 2. The van der Waals surface area contributed by atoms with E-state index in [1.807, 2.05) is 0 Å². The van der Waals surface area contributed by atoms with Crippen LogP contribution >= 0.6 is 0 Å². The van der Waals surface area contributed by atoms with Crippen molar-refractivity contribution in [2.75, 3.05) is 30.3 Å². The number of anilines is 3. The van der Waals surface area contributed by atoms with E-state index in [1.54, 1.807) is 30.5 Å². The minimum atomic E-state index is -3.69. The summed E-state index contributed by atoms with van der Waals surface area (Å²) in [6.45, 7) is 0.823. The molecular weight excluding hydrogens is 490 g/mol. The molecule has 0 saturated heterocycles. The molecule has 13 heteroatoms. The molecule has 1 aliphatic heterocycles. The summed E-state index contributed by atoms with van der Waals surface area (Å²) in [5, 5.41) is 6.13. The van der Waals surface area contributed by atoms with Gasteiger partial charge in [-0.1, -0.05) is 24.0 Å². The molecule has 0 spiro atoms. The predicted octanol–water partition coefficient (Wildman–Crippen LogP) is 1.43. The molecule has 4 N–H and O–H groups in total. The van der Waals surface area contributed by atoms with Crippen molar-refractivity contribution >= 4 is 37.5 Å². The van der Waals surface area contributed by atoms with Gasteiger partial charge in [0.1, 0.15) is 5.82 Å². The lowest BCUT2D eigenvalue weighted by Gasteiger charge is -2.10. The van der Waals surface area contributed by atoms with E-state index in [-0.39, 0.29) is 35.4 Å². The predicted molar refractivity (Wildman–Crippen MR) is 131 cm³/mol. The van der Waals surface area contributed by atoms with Crippen LogP contribution in [0, 0.1) is 11.8 Å². The zero-order valence-corrected chi connectivity index (χ0v) is 20.2. The maximum Gasteiger partial charge on any atom is 0.258 e. The fourth-order valence-electron chi connectivity index (χ4n) is 3.11. The first-order valence-corrected chi connectivity index (χ1v) is 13.7. The molecule has 0 saturated carbocycles. The van der Waals surface area contributed by atoms with Crippen LogP contribution in [-0.2, 0) is 20.0 Å². The Morgan fingerprint density at radius 1 is 1.09 bits per heavy atom. The largest absolute Gasteiger partial charge is 0.369 e. The van der Waals surface area contributed by atoms with Gasteiger partial charge in [-0.25, -0.2) is 36.2 Å². The first kappa shape index (κ1) is 24.6. The topological polar surface area (TPSA) is 155 Å². The maximum atomic E-state index is 12.5. The molecule has 1 aliphatic rings. The third kappa shape index (κ3) is 6.52. The summed E-state index contributed by atoms with van der Waals surface area (Å²) in [5.74, 6) is 6.66. The van der Waals surface area contributed by atoms with Gasteiger partial charge in [-0.3, -0.25) is 0 Å². The number of hydrogen-bond acceptors (Lipinski definition) is 9. The van der Waals surface area contributed by atoms with E-state index in [2.05, 4.69) is 46.9 Å². The first-order valence-electron chi connectivity index (χ1n) is 10.7. The molecule has 182 valence electrons. The Labute approximate surface area is 203 Å². The van der Waals surface area contributed by atoms with Crippen LogP contribution in [0.5, 0.6) is 0 Å². The molecule has 3 aromatic rings. The van der Waals surface area contributed by atoms with Crippen LogP contribution in [-0.4, -0.2) is 51.4 Å². The molecule has 0 unspecified atom stereocenters. The third-order valence-corrected chi connectivity index (χ3v) is 7.64. The highest BCUT2D eigenvalue weighted by Gasteiger charge is 2.16. The highest BCUT2D eigenvalue weighted by Crippen LogP contribution is 2.20. The summed E-state index contributed by atoms with van der Waals surface area (Å²) in [6, 6.07) is 11.0. The van der Waals surface area contributed by atoms with Gasteiger partial charge in [0.2, 0.25) is 16.0 Å². The van der Waals surface area contributed by atoms with Crippen molar-refractivity contribution in [1.82, 2.24) is 24.4 Å². The highest BCUT2D eigenvalue weighted by molar-refractivity contribution is 7.89. The van der Waals surface area contributed by atoms with E-state index in [1.165, 1.54) is 24.4 Å². The van der Waals surface area contributed by atoms with E-state index >= 15 is 0 Å². The molecule has 35 heavy (non-hydrogen) atoms. The van der Waals surface area contributed by atoms with Crippen molar-refractivity contribution in [3.8, 4) is 11.8 Å². The lowest BCUT2D eigenvalue weighted by molar-refractivity contribution is 0.577. The molecular formula is C22H23N7O4S2. The SMILES string of the molecule is O=S1(=O)NCCCNc2nc(ncc2C#CCCNS(=O)(=O)c2ccccn2)Nc2cccc1c2. The van der Waals surface area contributed by atoms with Crippen LogP contribution in [0.4, 0.5) is 17.5 Å². The van der Waals surface area contributed by atoms with Crippen molar-refractivity contribution in [3.05, 3.63) is 60.4 Å². The van der Waals surface area contributed by atoms with Gasteiger partial charge in [-0.15, -0.1) is 0 Å². The molecule has 3 heterocycles. The van der Waals surface area contributed by atoms with Gasteiger partial charge in [0.15, 0.2) is 5.03 Å². The monoisotopic (exact) mass is 513 g/mol. The van der Waals surface area contributed by atoms with Crippen LogP contribution in [0.2, 0.25) is 0 Å². The summed E-state index contributed by atoms with van der Waals surface area (Å²) in [6.07, 6.45) is 3.76. The van der Waals surface area contributed by atoms with Gasteiger partial charge in [0.05, 0.1) is 16.7 Å². The van der Waals surface area contributed by atoms with E-state index in [9.17, 15) is 16.8 Å².